The molecular weight excluding hydrogens is 296 g/mol. The van der Waals surface area contributed by atoms with Gasteiger partial charge in [-0.2, -0.15) is 0 Å². The van der Waals surface area contributed by atoms with E-state index >= 15 is 0 Å². The van der Waals surface area contributed by atoms with E-state index < -0.39 is 0 Å². The summed E-state index contributed by atoms with van der Waals surface area (Å²) in [6, 6.07) is 0. The lowest BCUT2D eigenvalue weighted by atomic mass is 10.4. The van der Waals surface area contributed by atoms with Crippen molar-refractivity contribution in [3.63, 3.8) is 0 Å². The van der Waals surface area contributed by atoms with E-state index in [1.807, 2.05) is 12.3 Å². The standard InChI is InChI=1S/C16H26N4OS/c1-3-7-17-16(20-11-15-19-10-13(2)22-15)18-8-4-9-21-12-14-5-6-14/h3,10,14H,1,4-9,11-12H2,2H3,(H2,17,18,20). The Kier molecular flexibility index (Phi) is 7.39. The molecule has 1 fully saturated rings. The minimum atomic E-state index is 0.600. The summed E-state index contributed by atoms with van der Waals surface area (Å²) in [7, 11) is 0. The van der Waals surface area contributed by atoms with Gasteiger partial charge >= 0.3 is 0 Å². The minimum absolute atomic E-state index is 0.600. The lowest BCUT2D eigenvalue weighted by Crippen LogP contribution is -2.38. The lowest BCUT2D eigenvalue weighted by Gasteiger charge is -2.11. The Balaban J connectivity index is 1.66. The number of ether oxygens (including phenoxy) is 1. The highest BCUT2D eigenvalue weighted by molar-refractivity contribution is 7.11. The molecule has 1 aromatic heterocycles. The monoisotopic (exact) mass is 322 g/mol. The topological polar surface area (TPSA) is 58.5 Å². The molecule has 0 bridgehead atoms. The molecule has 0 amide bonds. The second-order valence-electron chi connectivity index (χ2n) is 5.50. The van der Waals surface area contributed by atoms with Gasteiger partial charge in [0.1, 0.15) is 5.01 Å². The Hall–Kier alpha value is -1.40. The van der Waals surface area contributed by atoms with Crippen LogP contribution in [0.4, 0.5) is 0 Å². The maximum Gasteiger partial charge on any atom is 0.191 e. The van der Waals surface area contributed by atoms with Gasteiger partial charge in [-0.3, -0.25) is 0 Å². The molecule has 0 aliphatic heterocycles. The van der Waals surface area contributed by atoms with Gasteiger partial charge in [0, 0.05) is 37.4 Å². The number of aliphatic imine (C=N–C) groups is 1. The zero-order valence-electron chi connectivity index (χ0n) is 13.3. The van der Waals surface area contributed by atoms with Crippen molar-refractivity contribution in [2.45, 2.75) is 32.7 Å². The zero-order valence-corrected chi connectivity index (χ0v) is 14.1. The van der Waals surface area contributed by atoms with Crippen molar-refractivity contribution in [1.29, 1.82) is 0 Å². The van der Waals surface area contributed by atoms with Crippen molar-refractivity contribution in [2.24, 2.45) is 10.9 Å². The fourth-order valence-corrected chi connectivity index (χ4v) is 2.59. The van der Waals surface area contributed by atoms with E-state index in [-0.39, 0.29) is 0 Å². The molecule has 0 unspecified atom stereocenters. The third-order valence-electron chi connectivity index (χ3n) is 3.26. The van der Waals surface area contributed by atoms with Crippen LogP contribution in [0, 0.1) is 12.8 Å². The highest BCUT2D eigenvalue weighted by Gasteiger charge is 2.20. The Morgan fingerprint density at radius 3 is 3.09 bits per heavy atom. The van der Waals surface area contributed by atoms with Crippen molar-refractivity contribution in [2.75, 3.05) is 26.3 Å². The predicted molar refractivity (Wildman–Crippen MR) is 92.4 cm³/mol. The Bertz CT molecular complexity index is 482. The van der Waals surface area contributed by atoms with E-state index in [0.717, 1.165) is 43.1 Å². The first-order valence-corrected chi connectivity index (χ1v) is 8.71. The number of guanidine groups is 1. The van der Waals surface area contributed by atoms with Gasteiger partial charge in [-0.05, 0) is 32.1 Å². The number of aryl methyl sites for hydroxylation is 1. The highest BCUT2D eigenvalue weighted by atomic mass is 32.1. The Morgan fingerprint density at radius 1 is 1.55 bits per heavy atom. The fourth-order valence-electron chi connectivity index (χ4n) is 1.88. The molecule has 0 aromatic carbocycles. The molecule has 122 valence electrons. The predicted octanol–water partition coefficient (Wildman–Crippen LogP) is 2.49. The maximum atomic E-state index is 5.63. The van der Waals surface area contributed by atoms with E-state index in [1.165, 1.54) is 17.7 Å². The number of thiazole rings is 1. The minimum Gasteiger partial charge on any atom is -0.381 e. The van der Waals surface area contributed by atoms with E-state index in [9.17, 15) is 0 Å². The summed E-state index contributed by atoms with van der Waals surface area (Å²) in [5, 5.41) is 7.58. The van der Waals surface area contributed by atoms with Gasteiger partial charge in [-0.25, -0.2) is 9.98 Å². The van der Waals surface area contributed by atoms with Crippen LogP contribution in [0.1, 0.15) is 29.1 Å². The first-order chi connectivity index (χ1) is 10.8. The molecule has 0 saturated heterocycles. The van der Waals surface area contributed by atoms with Crippen LogP contribution >= 0.6 is 11.3 Å². The van der Waals surface area contributed by atoms with Gasteiger partial charge in [0.25, 0.3) is 0 Å². The van der Waals surface area contributed by atoms with E-state index in [2.05, 4.69) is 34.1 Å². The Morgan fingerprint density at radius 2 is 2.41 bits per heavy atom. The molecule has 22 heavy (non-hydrogen) atoms. The average molecular weight is 322 g/mol. The van der Waals surface area contributed by atoms with E-state index in [4.69, 9.17) is 4.74 Å². The lowest BCUT2D eigenvalue weighted by molar-refractivity contribution is 0.123. The molecule has 2 N–H and O–H groups in total. The van der Waals surface area contributed by atoms with Crippen molar-refractivity contribution >= 4 is 17.3 Å². The van der Waals surface area contributed by atoms with Gasteiger partial charge in [-0.1, -0.05) is 6.08 Å². The highest BCUT2D eigenvalue weighted by Crippen LogP contribution is 2.28. The van der Waals surface area contributed by atoms with Gasteiger partial charge in [0.05, 0.1) is 6.54 Å². The summed E-state index contributed by atoms with van der Waals surface area (Å²) < 4.78 is 5.63. The quantitative estimate of drug-likeness (QED) is 0.301. The molecule has 1 aliphatic rings. The van der Waals surface area contributed by atoms with Gasteiger partial charge < -0.3 is 15.4 Å². The molecule has 1 heterocycles. The summed E-state index contributed by atoms with van der Waals surface area (Å²) in [6.45, 7) is 9.67. The van der Waals surface area contributed by atoms with Crippen LogP contribution in [0.25, 0.3) is 0 Å². The molecule has 6 heteroatoms. The number of hydrogen-bond donors (Lipinski definition) is 2. The number of hydrogen-bond acceptors (Lipinski definition) is 4. The van der Waals surface area contributed by atoms with E-state index in [0.29, 0.717) is 13.1 Å². The molecule has 2 rings (SSSR count). The first-order valence-electron chi connectivity index (χ1n) is 7.90. The summed E-state index contributed by atoms with van der Waals surface area (Å²) in [4.78, 5) is 10.1. The third-order valence-corrected chi connectivity index (χ3v) is 4.16. The van der Waals surface area contributed by atoms with Crippen LogP contribution < -0.4 is 10.6 Å². The summed E-state index contributed by atoms with van der Waals surface area (Å²) in [5.74, 6) is 1.64. The van der Waals surface area contributed by atoms with Gasteiger partial charge in [0.2, 0.25) is 0 Å². The molecule has 5 nitrogen and oxygen atoms in total. The van der Waals surface area contributed by atoms with Crippen LogP contribution in [0.2, 0.25) is 0 Å². The maximum absolute atomic E-state index is 5.63. The fraction of sp³-hybridized carbons (Fsp3) is 0.625. The van der Waals surface area contributed by atoms with Gasteiger partial charge in [-0.15, -0.1) is 17.9 Å². The van der Waals surface area contributed by atoms with Crippen LogP contribution in [-0.2, 0) is 11.3 Å². The van der Waals surface area contributed by atoms with Crippen molar-refractivity contribution in [1.82, 2.24) is 15.6 Å². The summed E-state index contributed by atoms with van der Waals surface area (Å²) in [6.07, 6.45) is 7.38. The van der Waals surface area contributed by atoms with Crippen molar-refractivity contribution in [3.8, 4) is 0 Å². The molecule has 0 atom stereocenters. The SMILES string of the molecule is C=CCNC(=NCc1ncc(C)s1)NCCCOCC1CC1. The van der Waals surface area contributed by atoms with Crippen LogP contribution in [-0.4, -0.2) is 37.2 Å². The Labute approximate surface area is 136 Å². The number of aromatic nitrogens is 1. The van der Waals surface area contributed by atoms with Crippen LogP contribution in [0.15, 0.2) is 23.8 Å². The molecule has 0 spiro atoms. The smallest absolute Gasteiger partial charge is 0.191 e. The van der Waals surface area contributed by atoms with Crippen molar-refractivity contribution in [3.05, 3.63) is 28.7 Å². The molecular formula is C16H26N4OS. The molecule has 0 radical (unpaired) electrons. The third kappa shape index (κ3) is 7.04. The number of rotatable bonds is 10. The van der Waals surface area contributed by atoms with Crippen molar-refractivity contribution < 1.29 is 4.74 Å². The molecule has 1 saturated carbocycles. The van der Waals surface area contributed by atoms with Crippen LogP contribution in [0.5, 0.6) is 0 Å². The largest absolute Gasteiger partial charge is 0.381 e. The van der Waals surface area contributed by atoms with Gasteiger partial charge in [0.15, 0.2) is 5.96 Å². The average Bonchev–Trinajstić information content (AvgIpc) is 3.25. The molecule has 1 aromatic rings. The van der Waals surface area contributed by atoms with E-state index in [1.54, 1.807) is 11.3 Å². The zero-order chi connectivity index (χ0) is 15.6. The number of nitrogens with zero attached hydrogens (tertiary/aromatic N) is 2. The second-order valence-corrected chi connectivity index (χ2v) is 6.82. The summed E-state index contributed by atoms with van der Waals surface area (Å²) >= 11 is 1.68. The second kappa shape index (κ2) is 9.58. The molecule has 1 aliphatic carbocycles. The summed E-state index contributed by atoms with van der Waals surface area (Å²) in [5.41, 5.74) is 0. The normalized spacial score (nSPS) is 14.9. The number of nitrogens with one attached hydrogen (secondary N) is 2. The first kappa shape index (κ1) is 17.0. The van der Waals surface area contributed by atoms with Crippen LogP contribution in [0.3, 0.4) is 0 Å².